The Labute approximate surface area is 130 Å². The lowest BCUT2D eigenvalue weighted by Gasteiger charge is -2.14. The second kappa shape index (κ2) is 6.70. The van der Waals surface area contributed by atoms with Gasteiger partial charge in [0.25, 0.3) is 0 Å². The summed E-state index contributed by atoms with van der Waals surface area (Å²) in [5.41, 5.74) is 7.82. The molecule has 2 unspecified atom stereocenters. The maximum Gasteiger partial charge on any atom is 0.240 e. The Bertz CT molecular complexity index is 662. The van der Waals surface area contributed by atoms with Crippen molar-refractivity contribution < 1.29 is 8.42 Å². The lowest BCUT2D eigenvalue weighted by Crippen LogP contribution is -2.34. The van der Waals surface area contributed by atoms with Crippen LogP contribution in [0.4, 0.5) is 0 Å². The Balaban J connectivity index is 2.07. The van der Waals surface area contributed by atoms with E-state index in [1.54, 1.807) is 35.6 Å². The average Bonchev–Trinajstić information content (AvgIpc) is 2.90. The first-order chi connectivity index (χ1) is 9.88. The van der Waals surface area contributed by atoms with E-state index in [4.69, 9.17) is 5.73 Å². The van der Waals surface area contributed by atoms with E-state index in [0.29, 0.717) is 6.42 Å². The van der Waals surface area contributed by atoms with Gasteiger partial charge in [-0.15, -0.1) is 0 Å². The van der Waals surface area contributed by atoms with Gasteiger partial charge in [-0.25, -0.2) is 13.1 Å². The van der Waals surface area contributed by atoms with E-state index in [-0.39, 0.29) is 17.0 Å². The highest BCUT2D eigenvalue weighted by Gasteiger charge is 2.17. The van der Waals surface area contributed by atoms with E-state index in [9.17, 15) is 8.42 Å². The van der Waals surface area contributed by atoms with Crippen molar-refractivity contribution in [3.8, 4) is 0 Å². The van der Waals surface area contributed by atoms with Gasteiger partial charge in [-0.3, -0.25) is 0 Å². The molecule has 0 bridgehead atoms. The van der Waals surface area contributed by atoms with Gasteiger partial charge in [0.1, 0.15) is 0 Å². The van der Waals surface area contributed by atoms with Crippen LogP contribution in [-0.4, -0.2) is 14.5 Å². The minimum Gasteiger partial charge on any atom is -0.324 e. The maximum absolute atomic E-state index is 12.3. The van der Waals surface area contributed by atoms with Gasteiger partial charge >= 0.3 is 0 Å². The van der Waals surface area contributed by atoms with Crippen LogP contribution in [0.25, 0.3) is 0 Å². The van der Waals surface area contributed by atoms with E-state index in [1.165, 1.54) is 0 Å². The molecule has 2 rings (SSSR count). The highest BCUT2D eigenvalue weighted by atomic mass is 32.2. The highest BCUT2D eigenvalue weighted by molar-refractivity contribution is 7.89. The van der Waals surface area contributed by atoms with Crippen molar-refractivity contribution in [2.75, 3.05) is 0 Å². The van der Waals surface area contributed by atoms with Gasteiger partial charge in [-0.1, -0.05) is 12.1 Å². The molecule has 0 saturated carbocycles. The quantitative estimate of drug-likeness (QED) is 0.858. The molecule has 3 N–H and O–H groups in total. The van der Waals surface area contributed by atoms with Crippen molar-refractivity contribution in [2.24, 2.45) is 5.73 Å². The Morgan fingerprint density at radius 3 is 2.38 bits per heavy atom. The lowest BCUT2D eigenvalue weighted by molar-refractivity contribution is 0.560. The molecule has 6 heteroatoms. The van der Waals surface area contributed by atoms with Crippen LogP contribution in [0.2, 0.25) is 0 Å². The van der Waals surface area contributed by atoms with Gasteiger partial charge in [0.15, 0.2) is 0 Å². The third-order valence-electron chi connectivity index (χ3n) is 3.19. The molecule has 0 aliphatic carbocycles. The minimum absolute atomic E-state index is 0.104. The van der Waals surface area contributed by atoms with E-state index < -0.39 is 10.0 Å². The number of hydrogen-bond donors (Lipinski definition) is 2. The first-order valence-electron chi connectivity index (χ1n) is 6.77. The number of thiophene rings is 1. The topological polar surface area (TPSA) is 72.2 Å². The third-order valence-corrected chi connectivity index (χ3v) is 5.53. The monoisotopic (exact) mass is 324 g/mol. The third kappa shape index (κ3) is 4.38. The summed E-state index contributed by atoms with van der Waals surface area (Å²) >= 11 is 1.61. The van der Waals surface area contributed by atoms with Gasteiger partial charge < -0.3 is 5.73 Å². The van der Waals surface area contributed by atoms with E-state index in [1.807, 2.05) is 30.7 Å². The summed E-state index contributed by atoms with van der Waals surface area (Å²) < 4.78 is 27.3. The molecule has 21 heavy (non-hydrogen) atoms. The van der Waals surface area contributed by atoms with Crippen molar-refractivity contribution in [2.45, 2.75) is 37.2 Å². The number of rotatable bonds is 6. The number of sulfonamides is 1. The first-order valence-corrected chi connectivity index (χ1v) is 9.20. The van der Waals surface area contributed by atoms with Crippen molar-refractivity contribution in [3.05, 3.63) is 52.2 Å². The Hall–Kier alpha value is -1.21. The summed E-state index contributed by atoms with van der Waals surface area (Å²) in [4.78, 5) is 0.268. The predicted octanol–water partition coefficient (Wildman–Crippen LogP) is 2.68. The number of benzene rings is 1. The van der Waals surface area contributed by atoms with Crippen LogP contribution in [0.15, 0.2) is 46.0 Å². The van der Waals surface area contributed by atoms with Gasteiger partial charge in [-0.05, 0) is 60.4 Å². The van der Waals surface area contributed by atoms with Crippen molar-refractivity contribution >= 4 is 21.4 Å². The Morgan fingerprint density at radius 2 is 1.86 bits per heavy atom. The van der Waals surface area contributed by atoms with Crippen LogP contribution in [0.3, 0.4) is 0 Å². The molecule has 0 saturated heterocycles. The molecular weight excluding hydrogens is 304 g/mol. The van der Waals surface area contributed by atoms with Crippen LogP contribution in [0, 0.1) is 0 Å². The summed E-state index contributed by atoms with van der Waals surface area (Å²) in [5, 5.41) is 4.02. The molecule has 114 valence electrons. The fraction of sp³-hybridized carbons (Fsp3) is 0.333. The molecular formula is C15H20N2O2S2. The molecule has 0 spiro atoms. The van der Waals surface area contributed by atoms with Gasteiger partial charge in [-0.2, -0.15) is 11.3 Å². The molecule has 0 radical (unpaired) electrons. The van der Waals surface area contributed by atoms with Crippen molar-refractivity contribution in [1.29, 1.82) is 0 Å². The molecule has 1 aromatic carbocycles. The molecule has 1 heterocycles. The summed E-state index contributed by atoms with van der Waals surface area (Å²) in [6.45, 7) is 3.73. The van der Waals surface area contributed by atoms with Crippen molar-refractivity contribution in [1.82, 2.24) is 4.72 Å². The minimum atomic E-state index is -3.49. The molecule has 4 nitrogen and oxygen atoms in total. The van der Waals surface area contributed by atoms with Crippen LogP contribution in [0.1, 0.15) is 31.0 Å². The zero-order valence-corrected chi connectivity index (χ0v) is 13.7. The van der Waals surface area contributed by atoms with Gasteiger partial charge in [0, 0.05) is 12.1 Å². The first kappa shape index (κ1) is 16.2. The fourth-order valence-corrected chi connectivity index (χ4v) is 4.01. The molecule has 2 aromatic rings. The predicted molar refractivity (Wildman–Crippen MR) is 86.9 cm³/mol. The summed E-state index contributed by atoms with van der Waals surface area (Å²) in [6, 6.07) is 8.44. The highest BCUT2D eigenvalue weighted by Crippen LogP contribution is 2.16. The van der Waals surface area contributed by atoms with Crippen LogP contribution in [-0.2, 0) is 16.4 Å². The standard InChI is InChI=1S/C15H20N2O2S2/c1-11(9-13-7-8-20-10-13)17-21(18,19)15-5-3-14(4-6-15)12(2)16/h3-8,10-12,17H,9,16H2,1-2H3. The Morgan fingerprint density at radius 1 is 1.19 bits per heavy atom. The van der Waals surface area contributed by atoms with Crippen LogP contribution in [0.5, 0.6) is 0 Å². The molecule has 0 amide bonds. The van der Waals surface area contributed by atoms with Gasteiger partial charge in [0.05, 0.1) is 4.90 Å². The van der Waals surface area contributed by atoms with Crippen LogP contribution >= 0.6 is 11.3 Å². The van der Waals surface area contributed by atoms with Crippen LogP contribution < -0.4 is 10.5 Å². The zero-order chi connectivity index (χ0) is 15.5. The zero-order valence-electron chi connectivity index (χ0n) is 12.1. The van der Waals surface area contributed by atoms with Gasteiger partial charge in [0.2, 0.25) is 10.0 Å². The maximum atomic E-state index is 12.3. The normalized spacial score (nSPS) is 14.8. The Kier molecular flexibility index (Phi) is 5.16. The molecule has 1 aromatic heterocycles. The number of nitrogens with one attached hydrogen (secondary N) is 1. The van der Waals surface area contributed by atoms with E-state index in [0.717, 1.165) is 11.1 Å². The molecule has 0 fully saturated rings. The number of hydrogen-bond acceptors (Lipinski definition) is 4. The average molecular weight is 324 g/mol. The van der Waals surface area contributed by atoms with E-state index >= 15 is 0 Å². The summed E-state index contributed by atoms with van der Waals surface area (Å²) in [6.07, 6.45) is 0.681. The second-order valence-electron chi connectivity index (χ2n) is 5.22. The number of nitrogens with two attached hydrogens (primary N) is 1. The summed E-state index contributed by atoms with van der Waals surface area (Å²) in [5.74, 6) is 0. The molecule has 0 aliphatic rings. The second-order valence-corrected chi connectivity index (χ2v) is 7.71. The fourth-order valence-electron chi connectivity index (χ4n) is 2.09. The smallest absolute Gasteiger partial charge is 0.240 e. The molecule has 2 atom stereocenters. The van der Waals surface area contributed by atoms with Crippen molar-refractivity contribution in [3.63, 3.8) is 0 Å². The largest absolute Gasteiger partial charge is 0.324 e. The SMILES string of the molecule is CC(Cc1ccsc1)NS(=O)(=O)c1ccc(C(C)N)cc1. The summed E-state index contributed by atoms with van der Waals surface area (Å²) in [7, 11) is -3.49. The molecule has 0 aliphatic heterocycles. The lowest BCUT2D eigenvalue weighted by atomic mass is 10.1. The van der Waals surface area contributed by atoms with E-state index in [2.05, 4.69) is 4.72 Å².